The molecule has 0 bridgehead atoms. The van der Waals surface area contributed by atoms with Crippen molar-refractivity contribution in [1.82, 2.24) is 14.7 Å². The summed E-state index contributed by atoms with van der Waals surface area (Å²) in [6.45, 7) is 10.8. The standard InChI is InChI=1S/C20H33N5/c1-17-7-9-25(10-8-17)20(21)22-15-18-3-5-19(6-4-18)16-24-13-11-23(2)12-14-24/h3-6,17H,7-16H2,1-2H3,(H2,21,22). The zero-order valence-corrected chi connectivity index (χ0v) is 15.8. The number of piperazine rings is 1. The van der Waals surface area contributed by atoms with Crippen molar-refractivity contribution in [2.24, 2.45) is 16.6 Å². The fourth-order valence-electron chi connectivity index (χ4n) is 3.52. The Morgan fingerprint density at radius 2 is 1.60 bits per heavy atom. The third kappa shape index (κ3) is 5.44. The van der Waals surface area contributed by atoms with Gasteiger partial charge in [-0.2, -0.15) is 0 Å². The van der Waals surface area contributed by atoms with Crippen LogP contribution in [0.2, 0.25) is 0 Å². The fourth-order valence-corrected chi connectivity index (χ4v) is 3.52. The maximum Gasteiger partial charge on any atom is 0.191 e. The summed E-state index contributed by atoms with van der Waals surface area (Å²) < 4.78 is 0. The van der Waals surface area contributed by atoms with Crippen LogP contribution in [0.15, 0.2) is 29.3 Å². The normalized spacial score (nSPS) is 21.7. The monoisotopic (exact) mass is 343 g/mol. The Kier molecular flexibility index (Phi) is 6.32. The number of aliphatic imine (C=N–C) groups is 1. The maximum atomic E-state index is 6.17. The second kappa shape index (κ2) is 8.68. The number of hydrogen-bond donors (Lipinski definition) is 1. The van der Waals surface area contributed by atoms with Crippen LogP contribution in [0.5, 0.6) is 0 Å². The smallest absolute Gasteiger partial charge is 0.191 e. The Hall–Kier alpha value is -1.59. The van der Waals surface area contributed by atoms with Crippen molar-refractivity contribution in [1.29, 1.82) is 0 Å². The van der Waals surface area contributed by atoms with Gasteiger partial charge in [-0.1, -0.05) is 31.2 Å². The molecule has 2 heterocycles. The number of piperidine rings is 1. The van der Waals surface area contributed by atoms with E-state index in [0.29, 0.717) is 12.5 Å². The molecule has 3 rings (SSSR count). The number of benzene rings is 1. The van der Waals surface area contributed by atoms with Gasteiger partial charge in [0.05, 0.1) is 6.54 Å². The first kappa shape index (κ1) is 18.2. The third-order valence-electron chi connectivity index (χ3n) is 5.56. The minimum atomic E-state index is 0.673. The minimum absolute atomic E-state index is 0.673. The molecule has 138 valence electrons. The number of rotatable bonds is 4. The van der Waals surface area contributed by atoms with Crippen LogP contribution in [0.3, 0.4) is 0 Å². The van der Waals surface area contributed by atoms with E-state index < -0.39 is 0 Å². The van der Waals surface area contributed by atoms with Gasteiger partial charge in [0, 0.05) is 45.8 Å². The molecule has 0 atom stereocenters. The lowest BCUT2D eigenvalue weighted by Crippen LogP contribution is -2.43. The predicted molar refractivity (Wildman–Crippen MR) is 105 cm³/mol. The summed E-state index contributed by atoms with van der Waals surface area (Å²) in [6, 6.07) is 8.87. The van der Waals surface area contributed by atoms with Crippen molar-refractivity contribution >= 4 is 5.96 Å². The first-order chi connectivity index (χ1) is 12.1. The molecular formula is C20H33N5. The Balaban J connectivity index is 1.48. The summed E-state index contributed by atoms with van der Waals surface area (Å²) >= 11 is 0. The molecule has 25 heavy (non-hydrogen) atoms. The first-order valence-corrected chi connectivity index (χ1v) is 9.64. The molecule has 2 aliphatic heterocycles. The largest absolute Gasteiger partial charge is 0.370 e. The van der Waals surface area contributed by atoms with Gasteiger partial charge in [-0.25, -0.2) is 4.99 Å². The topological polar surface area (TPSA) is 48.1 Å². The molecule has 5 nitrogen and oxygen atoms in total. The highest BCUT2D eigenvalue weighted by molar-refractivity contribution is 5.78. The Labute approximate surface area is 152 Å². The van der Waals surface area contributed by atoms with E-state index in [1.807, 2.05) is 0 Å². The summed E-state index contributed by atoms with van der Waals surface area (Å²) in [6.07, 6.45) is 2.44. The highest BCUT2D eigenvalue weighted by Gasteiger charge is 2.17. The quantitative estimate of drug-likeness (QED) is 0.671. The van der Waals surface area contributed by atoms with Crippen molar-refractivity contribution in [3.8, 4) is 0 Å². The van der Waals surface area contributed by atoms with Crippen molar-refractivity contribution in [3.05, 3.63) is 35.4 Å². The molecule has 5 heteroatoms. The number of likely N-dealkylation sites (tertiary alicyclic amines) is 1. The van der Waals surface area contributed by atoms with Crippen LogP contribution in [0.25, 0.3) is 0 Å². The highest BCUT2D eigenvalue weighted by Crippen LogP contribution is 2.16. The second-order valence-corrected chi connectivity index (χ2v) is 7.74. The molecule has 0 aromatic heterocycles. The van der Waals surface area contributed by atoms with Gasteiger partial charge in [-0.05, 0) is 36.9 Å². The zero-order chi connectivity index (χ0) is 17.6. The van der Waals surface area contributed by atoms with E-state index in [1.165, 1.54) is 37.1 Å². The van der Waals surface area contributed by atoms with E-state index in [-0.39, 0.29) is 0 Å². The van der Waals surface area contributed by atoms with Crippen LogP contribution in [-0.2, 0) is 13.1 Å². The molecule has 0 aliphatic carbocycles. The van der Waals surface area contributed by atoms with Gasteiger partial charge >= 0.3 is 0 Å². The van der Waals surface area contributed by atoms with Crippen LogP contribution in [0, 0.1) is 5.92 Å². The number of nitrogens with zero attached hydrogens (tertiary/aromatic N) is 4. The molecule has 0 radical (unpaired) electrons. The lowest BCUT2D eigenvalue weighted by atomic mass is 10.00. The number of hydrogen-bond acceptors (Lipinski definition) is 3. The molecule has 2 fully saturated rings. The molecule has 0 unspecified atom stereocenters. The Bertz CT molecular complexity index is 552. The van der Waals surface area contributed by atoms with Gasteiger partial charge in [0.15, 0.2) is 5.96 Å². The minimum Gasteiger partial charge on any atom is -0.370 e. The van der Waals surface area contributed by atoms with Crippen molar-refractivity contribution in [3.63, 3.8) is 0 Å². The van der Waals surface area contributed by atoms with E-state index in [9.17, 15) is 0 Å². The number of likely N-dealkylation sites (N-methyl/N-ethyl adjacent to an activating group) is 1. The fraction of sp³-hybridized carbons (Fsp3) is 0.650. The SMILES string of the molecule is CC1CCN(C(N)=NCc2ccc(CN3CCN(C)CC3)cc2)CC1. The van der Waals surface area contributed by atoms with E-state index >= 15 is 0 Å². The van der Waals surface area contributed by atoms with Gasteiger partial charge in [0.25, 0.3) is 0 Å². The Morgan fingerprint density at radius 3 is 2.24 bits per heavy atom. The molecule has 0 spiro atoms. The Morgan fingerprint density at radius 1 is 1.00 bits per heavy atom. The average Bonchev–Trinajstić information content (AvgIpc) is 2.63. The zero-order valence-electron chi connectivity index (χ0n) is 15.8. The molecule has 2 aliphatic rings. The molecule has 0 saturated carbocycles. The van der Waals surface area contributed by atoms with E-state index in [4.69, 9.17) is 5.73 Å². The average molecular weight is 344 g/mol. The van der Waals surface area contributed by atoms with E-state index in [2.05, 4.69) is 57.9 Å². The molecule has 2 N–H and O–H groups in total. The highest BCUT2D eigenvalue weighted by atomic mass is 15.3. The summed E-state index contributed by atoms with van der Waals surface area (Å²) in [5.74, 6) is 1.52. The molecule has 1 aromatic rings. The number of guanidine groups is 1. The first-order valence-electron chi connectivity index (χ1n) is 9.64. The van der Waals surface area contributed by atoms with E-state index in [0.717, 1.165) is 38.6 Å². The van der Waals surface area contributed by atoms with E-state index in [1.54, 1.807) is 0 Å². The summed E-state index contributed by atoms with van der Waals surface area (Å²) in [7, 11) is 2.20. The molecule has 2 saturated heterocycles. The van der Waals surface area contributed by atoms with Gasteiger partial charge in [0.1, 0.15) is 0 Å². The van der Waals surface area contributed by atoms with Crippen molar-refractivity contribution in [2.45, 2.75) is 32.9 Å². The van der Waals surface area contributed by atoms with Crippen molar-refractivity contribution in [2.75, 3.05) is 46.3 Å². The predicted octanol–water partition coefficient (Wildman–Crippen LogP) is 1.98. The summed E-state index contributed by atoms with van der Waals surface area (Å²) in [5.41, 5.74) is 8.79. The van der Waals surface area contributed by atoms with Gasteiger partial charge in [-0.3, -0.25) is 4.90 Å². The van der Waals surface area contributed by atoms with Gasteiger partial charge in [-0.15, -0.1) is 0 Å². The van der Waals surface area contributed by atoms with Crippen LogP contribution in [0.4, 0.5) is 0 Å². The number of nitrogens with two attached hydrogens (primary N) is 1. The van der Waals surface area contributed by atoms with Crippen LogP contribution >= 0.6 is 0 Å². The van der Waals surface area contributed by atoms with Gasteiger partial charge in [0.2, 0.25) is 0 Å². The molecule has 0 amide bonds. The van der Waals surface area contributed by atoms with Crippen LogP contribution in [-0.4, -0.2) is 67.0 Å². The maximum absolute atomic E-state index is 6.17. The molecule has 1 aromatic carbocycles. The lowest BCUT2D eigenvalue weighted by molar-refractivity contribution is 0.148. The molecular weight excluding hydrogens is 310 g/mol. The lowest BCUT2D eigenvalue weighted by Gasteiger charge is -2.32. The summed E-state index contributed by atoms with van der Waals surface area (Å²) in [4.78, 5) is 11.7. The van der Waals surface area contributed by atoms with Gasteiger partial charge < -0.3 is 15.5 Å². The van der Waals surface area contributed by atoms with Crippen LogP contribution < -0.4 is 5.73 Å². The third-order valence-corrected chi connectivity index (χ3v) is 5.56. The second-order valence-electron chi connectivity index (χ2n) is 7.74. The van der Waals surface area contributed by atoms with Crippen molar-refractivity contribution < 1.29 is 0 Å². The van der Waals surface area contributed by atoms with Crippen LogP contribution in [0.1, 0.15) is 30.9 Å². The summed E-state index contributed by atoms with van der Waals surface area (Å²) in [5, 5.41) is 0.